The van der Waals surface area contributed by atoms with Crippen LogP contribution in [0.1, 0.15) is 6.92 Å². The zero-order valence-corrected chi connectivity index (χ0v) is 4.81. The van der Waals surface area contributed by atoms with Crippen molar-refractivity contribution in [1.82, 2.24) is 4.90 Å². The molecule has 0 N–H and O–H groups in total. The molecular formula is C6H10N. The van der Waals surface area contributed by atoms with Crippen LogP contribution in [0.5, 0.6) is 0 Å². The van der Waals surface area contributed by atoms with Gasteiger partial charge in [-0.25, -0.2) is 0 Å². The van der Waals surface area contributed by atoms with E-state index in [1.165, 1.54) is 5.57 Å². The van der Waals surface area contributed by atoms with Crippen molar-refractivity contribution >= 4 is 0 Å². The minimum absolute atomic E-state index is 1.09. The van der Waals surface area contributed by atoms with E-state index in [1.807, 2.05) is 0 Å². The minimum atomic E-state index is 1.09. The molecule has 0 atom stereocenters. The highest BCUT2D eigenvalue weighted by Gasteiger charge is 2.01. The van der Waals surface area contributed by atoms with E-state index in [2.05, 4.69) is 31.5 Å². The first kappa shape index (κ1) is 4.69. The van der Waals surface area contributed by atoms with Crippen molar-refractivity contribution in [2.24, 2.45) is 0 Å². The Labute approximate surface area is 44.6 Å². The molecule has 0 aliphatic carbocycles. The lowest BCUT2D eigenvalue weighted by Gasteiger charge is -2.02. The molecule has 0 bridgehead atoms. The van der Waals surface area contributed by atoms with Crippen LogP contribution in [0.2, 0.25) is 0 Å². The Morgan fingerprint density at radius 3 is 2.57 bits per heavy atom. The third-order valence-electron chi connectivity index (χ3n) is 1.13. The lowest BCUT2D eigenvalue weighted by Crippen LogP contribution is -2.04. The molecule has 0 fully saturated rings. The fraction of sp³-hybridized carbons (Fsp3) is 0.500. The molecule has 1 aliphatic rings. The van der Waals surface area contributed by atoms with Crippen LogP contribution in [0.4, 0.5) is 0 Å². The van der Waals surface area contributed by atoms with Crippen LogP contribution in [-0.2, 0) is 0 Å². The summed E-state index contributed by atoms with van der Waals surface area (Å²) in [6.45, 7) is 3.20. The third kappa shape index (κ3) is 0.952. The van der Waals surface area contributed by atoms with E-state index in [1.54, 1.807) is 0 Å². The zero-order chi connectivity index (χ0) is 5.28. The van der Waals surface area contributed by atoms with Crippen LogP contribution < -0.4 is 0 Å². The number of hydrogen-bond donors (Lipinski definition) is 0. The smallest absolute Gasteiger partial charge is 0.0241 e. The molecule has 39 valence electrons. The molecule has 0 aromatic heterocycles. The average Bonchev–Trinajstić information content (AvgIpc) is 1.87. The largest absolute Gasteiger partial charge is 0.380 e. The molecule has 0 unspecified atom stereocenters. The van der Waals surface area contributed by atoms with Gasteiger partial charge in [0, 0.05) is 20.0 Å². The Kier molecular flexibility index (Phi) is 1.05. The molecule has 0 aromatic carbocycles. The summed E-state index contributed by atoms with van der Waals surface area (Å²) in [5.41, 5.74) is 1.38. The maximum absolute atomic E-state index is 2.21. The molecule has 1 aliphatic heterocycles. The van der Waals surface area contributed by atoms with Crippen LogP contribution in [0.3, 0.4) is 0 Å². The van der Waals surface area contributed by atoms with E-state index in [4.69, 9.17) is 0 Å². The highest BCUT2D eigenvalue weighted by Crippen LogP contribution is 2.07. The molecule has 1 heterocycles. The first-order valence-corrected chi connectivity index (χ1v) is 2.51. The van der Waals surface area contributed by atoms with E-state index in [9.17, 15) is 0 Å². The minimum Gasteiger partial charge on any atom is -0.380 e. The Morgan fingerprint density at radius 1 is 1.71 bits per heavy atom. The first-order chi connectivity index (χ1) is 3.29. The summed E-state index contributed by atoms with van der Waals surface area (Å²) in [5.74, 6) is 0. The summed E-state index contributed by atoms with van der Waals surface area (Å²) >= 11 is 0. The fourth-order valence-electron chi connectivity index (χ4n) is 0.741. The third-order valence-corrected chi connectivity index (χ3v) is 1.13. The second-order valence-electron chi connectivity index (χ2n) is 2.02. The van der Waals surface area contributed by atoms with Crippen LogP contribution in [0, 0.1) is 6.42 Å². The highest BCUT2D eigenvalue weighted by molar-refractivity contribution is 5.16. The molecule has 0 amide bonds. The molecule has 1 nitrogen and oxygen atoms in total. The van der Waals surface area contributed by atoms with E-state index in [0.717, 1.165) is 6.54 Å². The van der Waals surface area contributed by atoms with Gasteiger partial charge in [-0.05, 0) is 13.1 Å². The molecule has 0 aromatic rings. The van der Waals surface area contributed by atoms with Gasteiger partial charge in [0.15, 0.2) is 0 Å². The van der Waals surface area contributed by atoms with Gasteiger partial charge in [-0.3, -0.25) is 0 Å². The van der Waals surface area contributed by atoms with Gasteiger partial charge < -0.3 is 4.90 Å². The van der Waals surface area contributed by atoms with Gasteiger partial charge in [-0.15, -0.1) is 0 Å². The quantitative estimate of drug-likeness (QED) is 0.435. The molecular weight excluding hydrogens is 86.1 g/mol. The van der Waals surface area contributed by atoms with Crippen molar-refractivity contribution in [3.63, 3.8) is 0 Å². The van der Waals surface area contributed by atoms with Gasteiger partial charge >= 0.3 is 0 Å². The normalized spacial score (nSPS) is 20.3. The van der Waals surface area contributed by atoms with Gasteiger partial charge in [0.1, 0.15) is 0 Å². The average molecular weight is 96.2 g/mol. The van der Waals surface area contributed by atoms with Crippen LogP contribution in [-0.4, -0.2) is 18.5 Å². The lowest BCUT2D eigenvalue weighted by molar-refractivity contribution is 0.521. The van der Waals surface area contributed by atoms with Gasteiger partial charge in [-0.2, -0.15) is 0 Å². The lowest BCUT2D eigenvalue weighted by atomic mass is 10.3. The van der Waals surface area contributed by atoms with Crippen molar-refractivity contribution in [2.75, 3.05) is 13.6 Å². The summed E-state index contributed by atoms with van der Waals surface area (Å²) in [6, 6.07) is 0. The van der Waals surface area contributed by atoms with E-state index in [-0.39, 0.29) is 0 Å². The SMILES string of the molecule is CC1=CN(C)C[CH]1. The highest BCUT2D eigenvalue weighted by atomic mass is 15.1. The second-order valence-corrected chi connectivity index (χ2v) is 2.02. The van der Waals surface area contributed by atoms with E-state index >= 15 is 0 Å². The Bertz CT molecular complexity index is 94.4. The van der Waals surface area contributed by atoms with Gasteiger partial charge in [-0.1, -0.05) is 5.57 Å². The summed E-state index contributed by atoms with van der Waals surface area (Å²) in [6.07, 6.45) is 4.35. The number of rotatable bonds is 0. The Hall–Kier alpha value is -0.460. The van der Waals surface area contributed by atoms with E-state index in [0.29, 0.717) is 0 Å². The van der Waals surface area contributed by atoms with Crippen LogP contribution >= 0.6 is 0 Å². The molecule has 1 rings (SSSR count). The van der Waals surface area contributed by atoms with Crippen molar-refractivity contribution in [2.45, 2.75) is 6.92 Å². The molecule has 0 saturated heterocycles. The number of nitrogens with zero attached hydrogens (tertiary/aromatic N) is 1. The van der Waals surface area contributed by atoms with Crippen molar-refractivity contribution in [3.8, 4) is 0 Å². The predicted molar refractivity (Wildman–Crippen MR) is 30.7 cm³/mol. The Morgan fingerprint density at radius 2 is 2.43 bits per heavy atom. The maximum atomic E-state index is 2.21. The van der Waals surface area contributed by atoms with Crippen molar-refractivity contribution < 1.29 is 0 Å². The maximum Gasteiger partial charge on any atom is 0.0241 e. The summed E-state index contributed by atoms with van der Waals surface area (Å²) in [7, 11) is 2.08. The molecule has 7 heavy (non-hydrogen) atoms. The van der Waals surface area contributed by atoms with Gasteiger partial charge in [0.2, 0.25) is 0 Å². The van der Waals surface area contributed by atoms with Crippen molar-refractivity contribution in [3.05, 3.63) is 18.2 Å². The Balaban J connectivity index is 2.50. The summed E-state index contributed by atoms with van der Waals surface area (Å²) in [4.78, 5) is 2.16. The topological polar surface area (TPSA) is 3.24 Å². The zero-order valence-electron chi connectivity index (χ0n) is 4.81. The predicted octanol–water partition coefficient (Wildman–Crippen LogP) is 1.04. The van der Waals surface area contributed by atoms with Crippen LogP contribution in [0.25, 0.3) is 0 Å². The summed E-state index contributed by atoms with van der Waals surface area (Å²) in [5, 5.41) is 0. The van der Waals surface area contributed by atoms with E-state index < -0.39 is 0 Å². The van der Waals surface area contributed by atoms with Crippen LogP contribution in [0.15, 0.2) is 11.8 Å². The standard InChI is InChI=1S/C6H10N/c1-6-3-4-7(2)5-6/h3,5H,4H2,1-2H3. The second kappa shape index (κ2) is 1.57. The van der Waals surface area contributed by atoms with Gasteiger partial charge in [0.05, 0.1) is 0 Å². The number of hydrogen-bond acceptors (Lipinski definition) is 1. The van der Waals surface area contributed by atoms with Gasteiger partial charge in [0.25, 0.3) is 0 Å². The van der Waals surface area contributed by atoms with Crippen molar-refractivity contribution in [1.29, 1.82) is 0 Å². The molecule has 0 saturated carbocycles. The molecule has 1 heteroatoms. The summed E-state index contributed by atoms with van der Waals surface area (Å²) < 4.78 is 0. The monoisotopic (exact) mass is 96.1 g/mol. The molecule has 0 spiro atoms. The first-order valence-electron chi connectivity index (χ1n) is 2.51. The molecule has 1 radical (unpaired) electrons. The fourth-order valence-corrected chi connectivity index (χ4v) is 0.741.